The molecule has 0 aromatic carbocycles. The molecule has 0 aliphatic carbocycles. The molecule has 0 unspecified atom stereocenters. The van der Waals surface area contributed by atoms with Gasteiger partial charge in [-0.25, -0.2) is 0 Å². The SMILES string of the molecule is Cc1nn(CCCNC(=O)CCn2ncc(I)c2C)c(Cl)c1Cl. The molecule has 0 aliphatic rings. The minimum Gasteiger partial charge on any atom is -0.356 e. The number of hydrogen-bond acceptors (Lipinski definition) is 3. The highest BCUT2D eigenvalue weighted by Crippen LogP contribution is 2.24. The minimum absolute atomic E-state index is 0.00989. The van der Waals surface area contributed by atoms with E-state index in [0.717, 1.165) is 15.7 Å². The number of rotatable bonds is 7. The molecule has 1 amide bonds. The van der Waals surface area contributed by atoms with Gasteiger partial charge in [0.1, 0.15) is 10.2 Å². The highest BCUT2D eigenvalue weighted by molar-refractivity contribution is 14.1. The maximum atomic E-state index is 11.8. The third kappa shape index (κ3) is 4.84. The molecular formula is C14H18Cl2IN5O. The summed E-state index contributed by atoms with van der Waals surface area (Å²) < 4.78 is 4.60. The van der Waals surface area contributed by atoms with Gasteiger partial charge in [-0.05, 0) is 42.9 Å². The van der Waals surface area contributed by atoms with Crippen LogP contribution in [0.1, 0.15) is 24.2 Å². The van der Waals surface area contributed by atoms with E-state index in [-0.39, 0.29) is 5.91 Å². The van der Waals surface area contributed by atoms with E-state index in [9.17, 15) is 4.79 Å². The van der Waals surface area contributed by atoms with Crippen LogP contribution < -0.4 is 5.32 Å². The zero-order chi connectivity index (χ0) is 17.0. The molecule has 0 spiro atoms. The first-order valence-electron chi connectivity index (χ1n) is 7.23. The number of carbonyl (C=O) groups excluding carboxylic acids is 1. The summed E-state index contributed by atoms with van der Waals surface area (Å²) in [5.41, 5.74) is 1.80. The third-order valence-corrected chi connectivity index (χ3v) is 5.45. The van der Waals surface area contributed by atoms with Crippen LogP contribution in [0, 0.1) is 17.4 Å². The molecule has 0 fully saturated rings. The van der Waals surface area contributed by atoms with Gasteiger partial charge >= 0.3 is 0 Å². The van der Waals surface area contributed by atoms with E-state index >= 15 is 0 Å². The largest absolute Gasteiger partial charge is 0.356 e. The van der Waals surface area contributed by atoms with Crippen LogP contribution in [0.4, 0.5) is 0 Å². The lowest BCUT2D eigenvalue weighted by Gasteiger charge is -2.07. The summed E-state index contributed by atoms with van der Waals surface area (Å²) in [6, 6.07) is 0. The van der Waals surface area contributed by atoms with Crippen molar-refractivity contribution in [1.82, 2.24) is 24.9 Å². The maximum absolute atomic E-state index is 11.8. The van der Waals surface area contributed by atoms with Crippen molar-refractivity contribution in [2.24, 2.45) is 0 Å². The summed E-state index contributed by atoms with van der Waals surface area (Å²) in [4.78, 5) is 11.8. The van der Waals surface area contributed by atoms with Crippen LogP contribution in [0.3, 0.4) is 0 Å². The van der Waals surface area contributed by atoms with E-state index in [1.54, 1.807) is 10.9 Å². The van der Waals surface area contributed by atoms with Crippen LogP contribution >= 0.6 is 45.8 Å². The van der Waals surface area contributed by atoms with Crippen LogP contribution in [0.25, 0.3) is 0 Å². The van der Waals surface area contributed by atoms with Crippen molar-refractivity contribution in [3.05, 3.63) is 31.3 Å². The van der Waals surface area contributed by atoms with Gasteiger partial charge in [0.2, 0.25) is 5.91 Å². The zero-order valence-corrected chi connectivity index (χ0v) is 16.6. The highest BCUT2D eigenvalue weighted by Gasteiger charge is 2.11. The van der Waals surface area contributed by atoms with Gasteiger partial charge in [-0.3, -0.25) is 14.2 Å². The number of hydrogen-bond donors (Lipinski definition) is 1. The van der Waals surface area contributed by atoms with E-state index in [0.29, 0.717) is 41.9 Å². The molecule has 2 aromatic heterocycles. The Morgan fingerprint density at radius 1 is 1.30 bits per heavy atom. The average molecular weight is 470 g/mol. The topological polar surface area (TPSA) is 64.7 Å². The smallest absolute Gasteiger partial charge is 0.221 e. The molecule has 1 N–H and O–H groups in total. The van der Waals surface area contributed by atoms with Gasteiger partial charge in [0.25, 0.3) is 0 Å². The number of aryl methyl sites for hydroxylation is 3. The van der Waals surface area contributed by atoms with Crippen molar-refractivity contribution in [2.45, 2.75) is 39.8 Å². The van der Waals surface area contributed by atoms with Crippen LogP contribution in [0.15, 0.2) is 6.20 Å². The summed E-state index contributed by atoms with van der Waals surface area (Å²) in [6.07, 6.45) is 2.95. The zero-order valence-electron chi connectivity index (χ0n) is 12.9. The molecule has 2 aromatic rings. The second-order valence-corrected chi connectivity index (χ2v) is 7.07. The highest BCUT2D eigenvalue weighted by atomic mass is 127. The summed E-state index contributed by atoms with van der Waals surface area (Å²) in [7, 11) is 0. The van der Waals surface area contributed by atoms with Crippen LogP contribution in [-0.2, 0) is 17.9 Å². The maximum Gasteiger partial charge on any atom is 0.221 e. The minimum atomic E-state index is 0.00989. The summed E-state index contributed by atoms with van der Waals surface area (Å²) in [5.74, 6) is 0.00989. The average Bonchev–Trinajstić information content (AvgIpc) is 2.97. The summed E-state index contributed by atoms with van der Waals surface area (Å²) in [5, 5.41) is 12.3. The Balaban J connectivity index is 1.69. The Bertz CT molecular complexity index is 698. The summed E-state index contributed by atoms with van der Waals surface area (Å²) in [6.45, 7) is 5.57. The first-order valence-corrected chi connectivity index (χ1v) is 9.06. The lowest BCUT2D eigenvalue weighted by molar-refractivity contribution is -0.121. The first-order chi connectivity index (χ1) is 10.9. The van der Waals surface area contributed by atoms with Gasteiger partial charge in [-0.2, -0.15) is 10.2 Å². The Kier molecular flexibility index (Phi) is 6.72. The number of carbonyl (C=O) groups is 1. The molecule has 6 nitrogen and oxygen atoms in total. The van der Waals surface area contributed by atoms with Crippen molar-refractivity contribution in [2.75, 3.05) is 6.54 Å². The molecule has 126 valence electrons. The number of amides is 1. The molecule has 0 saturated heterocycles. The Labute approximate surface area is 158 Å². The molecule has 0 aliphatic heterocycles. The molecule has 0 atom stereocenters. The van der Waals surface area contributed by atoms with Crippen molar-refractivity contribution in [3.63, 3.8) is 0 Å². The first kappa shape index (κ1) is 18.5. The van der Waals surface area contributed by atoms with Gasteiger partial charge < -0.3 is 5.32 Å². The molecule has 0 saturated carbocycles. The van der Waals surface area contributed by atoms with Crippen LogP contribution in [-0.4, -0.2) is 32.0 Å². The molecule has 2 rings (SSSR count). The lowest BCUT2D eigenvalue weighted by atomic mass is 10.3. The van der Waals surface area contributed by atoms with Crippen molar-refractivity contribution >= 4 is 51.7 Å². The Morgan fingerprint density at radius 3 is 2.61 bits per heavy atom. The van der Waals surface area contributed by atoms with E-state index in [1.165, 1.54) is 0 Å². The number of nitrogens with zero attached hydrogens (tertiary/aromatic N) is 4. The lowest BCUT2D eigenvalue weighted by Crippen LogP contribution is -2.26. The number of aromatic nitrogens is 4. The predicted molar refractivity (Wildman–Crippen MR) is 98.9 cm³/mol. The number of nitrogens with one attached hydrogen (secondary N) is 1. The van der Waals surface area contributed by atoms with E-state index in [4.69, 9.17) is 23.2 Å². The summed E-state index contributed by atoms with van der Waals surface area (Å²) >= 11 is 14.3. The van der Waals surface area contributed by atoms with E-state index < -0.39 is 0 Å². The Morgan fingerprint density at radius 2 is 2.04 bits per heavy atom. The van der Waals surface area contributed by atoms with E-state index in [1.807, 2.05) is 18.5 Å². The van der Waals surface area contributed by atoms with Gasteiger partial charge in [0.05, 0.1) is 15.5 Å². The molecule has 0 radical (unpaired) electrons. The van der Waals surface area contributed by atoms with Crippen molar-refractivity contribution in [3.8, 4) is 0 Å². The van der Waals surface area contributed by atoms with Crippen LogP contribution in [0.5, 0.6) is 0 Å². The third-order valence-electron chi connectivity index (χ3n) is 3.46. The molecule has 2 heterocycles. The second-order valence-electron chi connectivity index (χ2n) is 5.17. The standard InChI is InChI=1S/C14H18Cl2IN5O/c1-9-13(15)14(16)22(20-9)6-3-5-18-12(23)4-7-21-10(2)11(17)8-19-21/h8H,3-7H2,1-2H3,(H,18,23). The van der Waals surface area contributed by atoms with Crippen molar-refractivity contribution < 1.29 is 4.79 Å². The fourth-order valence-corrected chi connectivity index (χ4v) is 2.88. The number of halogens is 3. The normalized spacial score (nSPS) is 11.0. The molecule has 23 heavy (non-hydrogen) atoms. The fourth-order valence-electron chi connectivity index (χ4n) is 2.08. The van der Waals surface area contributed by atoms with E-state index in [2.05, 4.69) is 38.1 Å². The van der Waals surface area contributed by atoms with Crippen molar-refractivity contribution in [1.29, 1.82) is 0 Å². The van der Waals surface area contributed by atoms with Gasteiger partial charge in [0, 0.05) is 31.7 Å². The quantitative estimate of drug-likeness (QED) is 0.500. The molecule has 9 heteroatoms. The molecular weight excluding hydrogens is 452 g/mol. The monoisotopic (exact) mass is 469 g/mol. The van der Waals surface area contributed by atoms with Gasteiger partial charge in [-0.15, -0.1) is 0 Å². The fraction of sp³-hybridized carbons (Fsp3) is 0.500. The molecule has 0 bridgehead atoms. The Hall–Kier alpha value is -0.800. The van der Waals surface area contributed by atoms with Gasteiger partial charge in [0.15, 0.2) is 0 Å². The predicted octanol–water partition coefficient (Wildman–Crippen LogP) is 3.20. The second kappa shape index (κ2) is 8.34. The van der Waals surface area contributed by atoms with Crippen LogP contribution in [0.2, 0.25) is 10.2 Å². The van der Waals surface area contributed by atoms with Gasteiger partial charge in [-0.1, -0.05) is 23.2 Å².